The van der Waals surface area contributed by atoms with Gasteiger partial charge >= 0.3 is 0 Å². The Morgan fingerprint density at radius 1 is 1.41 bits per heavy atom. The van der Waals surface area contributed by atoms with Gasteiger partial charge in [-0.3, -0.25) is 0 Å². The normalized spacial score (nSPS) is 18.5. The van der Waals surface area contributed by atoms with Crippen LogP contribution in [0.2, 0.25) is 0 Å². The molecule has 1 aliphatic rings. The molecule has 1 fully saturated rings. The number of nitrogens with zero attached hydrogens (tertiary/aromatic N) is 3. The van der Waals surface area contributed by atoms with Crippen LogP contribution in [-0.2, 0) is 6.54 Å². The zero-order valence-corrected chi connectivity index (χ0v) is 10.8. The molecule has 0 aromatic carbocycles. The summed E-state index contributed by atoms with van der Waals surface area (Å²) in [5, 5.41) is 3.50. The highest BCUT2D eigenvalue weighted by molar-refractivity contribution is 5.01. The number of aryl methyl sites for hydroxylation is 1. The van der Waals surface area contributed by atoms with Crippen LogP contribution in [0.15, 0.2) is 12.3 Å². The summed E-state index contributed by atoms with van der Waals surface area (Å²) in [4.78, 5) is 10.9. The van der Waals surface area contributed by atoms with E-state index in [4.69, 9.17) is 0 Å². The maximum absolute atomic E-state index is 4.39. The van der Waals surface area contributed by atoms with Crippen LogP contribution in [0.25, 0.3) is 0 Å². The maximum Gasteiger partial charge on any atom is 0.125 e. The molecule has 1 aliphatic heterocycles. The van der Waals surface area contributed by atoms with Gasteiger partial charge in [-0.05, 0) is 58.4 Å². The van der Waals surface area contributed by atoms with Crippen molar-refractivity contribution in [2.45, 2.75) is 26.3 Å². The Kier molecular flexibility index (Phi) is 4.45. The standard InChI is InChI=1S/C13H22N4/c1-11-15-6-3-13(16-11)10-14-9-12-4-7-17(2)8-5-12/h3,6,12,14H,4-5,7-10H2,1-2H3. The van der Waals surface area contributed by atoms with Crippen molar-refractivity contribution in [2.24, 2.45) is 5.92 Å². The van der Waals surface area contributed by atoms with Gasteiger partial charge in [-0.15, -0.1) is 0 Å². The van der Waals surface area contributed by atoms with Gasteiger partial charge in [0.15, 0.2) is 0 Å². The van der Waals surface area contributed by atoms with Crippen LogP contribution in [0, 0.1) is 12.8 Å². The van der Waals surface area contributed by atoms with Crippen LogP contribution in [0.4, 0.5) is 0 Å². The molecule has 1 N–H and O–H groups in total. The van der Waals surface area contributed by atoms with E-state index >= 15 is 0 Å². The van der Waals surface area contributed by atoms with Gasteiger partial charge in [0.1, 0.15) is 5.82 Å². The highest BCUT2D eigenvalue weighted by Gasteiger charge is 2.15. The molecule has 0 radical (unpaired) electrons. The second-order valence-electron chi connectivity index (χ2n) is 4.97. The quantitative estimate of drug-likeness (QED) is 0.850. The second kappa shape index (κ2) is 6.07. The highest BCUT2D eigenvalue weighted by atomic mass is 15.1. The first kappa shape index (κ1) is 12.5. The minimum atomic E-state index is 0.828. The van der Waals surface area contributed by atoms with E-state index in [0.717, 1.165) is 30.5 Å². The lowest BCUT2D eigenvalue weighted by Gasteiger charge is -2.29. The Morgan fingerprint density at radius 2 is 2.18 bits per heavy atom. The lowest BCUT2D eigenvalue weighted by molar-refractivity contribution is 0.216. The molecule has 2 rings (SSSR count). The zero-order valence-electron chi connectivity index (χ0n) is 10.8. The van der Waals surface area contributed by atoms with Crippen molar-refractivity contribution >= 4 is 0 Å². The van der Waals surface area contributed by atoms with Gasteiger partial charge in [-0.25, -0.2) is 9.97 Å². The average molecular weight is 234 g/mol. The smallest absolute Gasteiger partial charge is 0.125 e. The number of hydrogen-bond acceptors (Lipinski definition) is 4. The summed E-state index contributed by atoms with van der Waals surface area (Å²) in [7, 11) is 2.20. The molecular formula is C13H22N4. The third kappa shape index (κ3) is 4.06. The van der Waals surface area contributed by atoms with Crippen LogP contribution in [0.1, 0.15) is 24.4 Å². The Balaban J connectivity index is 1.69. The topological polar surface area (TPSA) is 41.1 Å². The number of hydrogen-bond donors (Lipinski definition) is 1. The summed E-state index contributed by atoms with van der Waals surface area (Å²) in [5.41, 5.74) is 1.09. The Morgan fingerprint density at radius 3 is 2.88 bits per heavy atom. The molecule has 0 amide bonds. The van der Waals surface area contributed by atoms with Gasteiger partial charge in [-0.2, -0.15) is 0 Å². The Labute approximate surface area is 103 Å². The van der Waals surface area contributed by atoms with E-state index in [1.54, 1.807) is 0 Å². The van der Waals surface area contributed by atoms with Gasteiger partial charge in [0.05, 0.1) is 5.69 Å². The van der Waals surface area contributed by atoms with E-state index in [1.165, 1.54) is 25.9 Å². The van der Waals surface area contributed by atoms with Crippen LogP contribution in [0.3, 0.4) is 0 Å². The molecule has 0 aliphatic carbocycles. The highest BCUT2D eigenvalue weighted by Crippen LogP contribution is 2.14. The SMILES string of the molecule is Cc1nccc(CNCC2CCN(C)CC2)n1. The molecule has 0 bridgehead atoms. The number of piperidine rings is 1. The molecule has 94 valence electrons. The van der Waals surface area contributed by atoms with Crippen molar-refractivity contribution < 1.29 is 0 Å². The van der Waals surface area contributed by atoms with Crippen molar-refractivity contribution in [3.8, 4) is 0 Å². The second-order valence-corrected chi connectivity index (χ2v) is 4.97. The first-order valence-corrected chi connectivity index (χ1v) is 6.42. The molecule has 0 saturated carbocycles. The van der Waals surface area contributed by atoms with E-state index < -0.39 is 0 Å². The minimum absolute atomic E-state index is 0.828. The van der Waals surface area contributed by atoms with E-state index in [2.05, 4.69) is 27.2 Å². The van der Waals surface area contributed by atoms with Crippen LogP contribution >= 0.6 is 0 Å². The van der Waals surface area contributed by atoms with Crippen molar-refractivity contribution in [3.05, 3.63) is 23.8 Å². The first-order valence-electron chi connectivity index (χ1n) is 6.42. The van der Waals surface area contributed by atoms with E-state index in [1.807, 2.05) is 19.2 Å². The fourth-order valence-electron chi connectivity index (χ4n) is 2.27. The van der Waals surface area contributed by atoms with Gasteiger partial charge in [-0.1, -0.05) is 0 Å². The molecule has 4 heteroatoms. The monoisotopic (exact) mass is 234 g/mol. The predicted octanol–water partition coefficient (Wildman–Crippen LogP) is 1.22. The molecule has 1 aromatic rings. The predicted molar refractivity (Wildman–Crippen MR) is 68.7 cm³/mol. The van der Waals surface area contributed by atoms with E-state index in [0.29, 0.717) is 0 Å². The number of aromatic nitrogens is 2. The molecule has 1 saturated heterocycles. The van der Waals surface area contributed by atoms with Crippen molar-refractivity contribution in [1.29, 1.82) is 0 Å². The van der Waals surface area contributed by atoms with Gasteiger partial charge in [0, 0.05) is 12.7 Å². The third-order valence-corrected chi connectivity index (χ3v) is 3.41. The Bertz CT molecular complexity index is 345. The molecule has 0 unspecified atom stereocenters. The minimum Gasteiger partial charge on any atom is -0.311 e. The molecule has 4 nitrogen and oxygen atoms in total. The summed E-state index contributed by atoms with van der Waals surface area (Å²) in [6.07, 6.45) is 4.45. The Hall–Kier alpha value is -1.00. The molecule has 2 heterocycles. The number of likely N-dealkylation sites (tertiary alicyclic amines) is 1. The van der Waals surface area contributed by atoms with E-state index in [-0.39, 0.29) is 0 Å². The van der Waals surface area contributed by atoms with E-state index in [9.17, 15) is 0 Å². The zero-order chi connectivity index (χ0) is 12.1. The first-order chi connectivity index (χ1) is 8.24. The molecule has 0 spiro atoms. The van der Waals surface area contributed by atoms with Crippen molar-refractivity contribution in [2.75, 3.05) is 26.7 Å². The van der Waals surface area contributed by atoms with Crippen molar-refractivity contribution in [3.63, 3.8) is 0 Å². The van der Waals surface area contributed by atoms with Crippen molar-refractivity contribution in [1.82, 2.24) is 20.2 Å². The lowest BCUT2D eigenvalue weighted by Crippen LogP contribution is -2.34. The number of nitrogens with one attached hydrogen (secondary N) is 1. The van der Waals surface area contributed by atoms with Gasteiger partial charge in [0.25, 0.3) is 0 Å². The van der Waals surface area contributed by atoms with Gasteiger partial charge < -0.3 is 10.2 Å². The summed E-state index contributed by atoms with van der Waals surface area (Å²) < 4.78 is 0. The fourth-order valence-corrected chi connectivity index (χ4v) is 2.27. The fraction of sp³-hybridized carbons (Fsp3) is 0.692. The summed E-state index contributed by atoms with van der Waals surface area (Å²) in [6, 6.07) is 1.98. The number of rotatable bonds is 4. The molecule has 1 aromatic heterocycles. The van der Waals surface area contributed by atoms with Crippen LogP contribution in [0.5, 0.6) is 0 Å². The van der Waals surface area contributed by atoms with Gasteiger partial charge in [0.2, 0.25) is 0 Å². The summed E-state index contributed by atoms with van der Waals surface area (Å²) >= 11 is 0. The average Bonchev–Trinajstić information content (AvgIpc) is 2.32. The molecule has 17 heavy (non-hydrogen) atoms. The largest absolute Gasteiger partial charge is 0.311 e. The van der Waals surface area contributed by atoms with Crippen LogP contribution in [-0.4, -0.2) is 41.5 Å². The molecule has 0 atom stereocenters. The lowest BCUT2D eigenvalue weighted by atomic mass is 9.97. The van der Waals surface area contributed by atoms with Crippen LogP contribution < -0.4 is 5.32 Å². The maximum atomic E-state index is 4.39. The summed E-state index contributed by atoms with van der Waals surface area (Å²) in [6.45, 7) is 6.37. The summed E-state index contributed by atoms with van der Waals surface area (Å²) in [5.74, 6) is 1.68. The molecular weight excluding hydrogens is 212 g/mol. The third-order valence-electron chi connectivity index (χ3n) is 3.41.